The number of ether oxygens (including phenoxy) is 1. The van der Waals surface area contributed by atoms with Gasteiger partial charge in [0.25, 0.3) is 0 Å². The predicted molar refractivity (Wildman–Crippen MR) is 66.4 cm³/mol. The van der Waals surface area contributed by atoms with Crippen molar-refractivity contribution in [2.75, 3.05) is 0 Å². The van der Waals surface area contributed by atoms with E-state index in [-0.39, 0.29) is 0 Å². The van der Waals surface area contributed by atoms with Crippen LogP contribution in [0.3, 0.4) is 0 Å². The summed E-state index contributed by atoms with van der Waals surface area (Å²) in [5.41, 5.74) is 2.09. The summed E-state index contributed by atoms with van der Waals surface area (Å²) in [5.74, 6) is 1.25. The van der Waals surface area contributed by atoms with Crippen molar-refractivity contribution >= 4 is 11.6 Å². The number of hydrogen-bond donors (Lipinski definition) is 0. The van der Waals surface area contributed by atoms with E-state index in [1.165, 1.54) is 6.42 Å². The number of aromatic nitrogens is 2. The van der Waals surface area contributed by atoms with E-state index in [9.17, 15) is 0 Å². The third-order valence-corrected chi connectivity index (χ3v) is 4.35. The molecule has 0 N–H and O–H groups in total. The Morgan fingerprint density at radius 1 is 1.35 bits per heavy atom. The fourth-order valence-electron chi connectivity index (χ4n) is 2.97. The lowest BCUT2D eigenvalue weighted by molar-refractivity contribution is 0.0998. The second kappa shape index (κ2) is 4.21. The maximum Gasteiger partial charge on any atom is 0.136 e. The number of halogens is 1. The highest BCUT2D eigenvalue weighted by Crippen LogP contribution is 2.43. The molecule has 0 aliphatic carbocycles. The topological polar surface area (TPSA) is 35.0 Å². The molecule has 1 aromatic heterocycles. The normalized spacial score (nSPS) is 31.1. The minimum absolute atomic E-state index is 0.323. The maximum absolute atomic E-state index is 6.19. The summed E-state index contributed by atoms with van der Waals surface area (Å²) < 4.78 is 5.86. The fourth-order valence-corrected chi connectivity index (χ4v) is 3.17. The van der Waals surface area contributed by atoms with E-state index in [0.29, 0.717) is 23.3 Å². The molecule has 0 amide bonds. The van der Waals surface area contributed by atoms with Crippen molar-refractivity contribution in [2.24, 2.45) is 0 Å². The molecule has 0 radical (unpaired) electrons. The summed E-state index contributed by atoms with van der Waals surface area (Å²) in [6, 6.07) is 0. The van der Waals surface area contributed by atoms with Gasteiger partial charge < -0.3 is 4.74 Å². The second-order valence-corrected chi connectivity index (χ2v) is 5.37. The lowest BCUT2D eigenvalue weighted by Crippen LogP contribution is -2.18. The van der Waals surface area contributed by atoms with Gasteiger partial charge in [0, 0.05) is 17.2 Å². The molecule has 92 valence electrons. The van der Waals surface area contributed by atoms with E-state index in [0.717, 1.165) is 36.3 Å². The zero-order valence-electron chi connectivity index (χ0n) is 10.2. The Bertz CT molecular complexity index is 449. The molecule has 2 fully saturated rings. The van der Waals surface area contributed by atoms with Gasteiger partial charge in [-0.15, -0.1) is 0 Å². The first kappa shape index (κ1) is 11.4. The molecule has 17 heavy (non-hydrogen) atoms. The predicted octanol–water partition coefficient (Wildman–Crippen LogP) is 3.04. The number of nitrogens with zero attached hydrogens (tertiary/aromatic N) is 2. The van der Waals surface area contributed by atoms with Gasteiger partial charge in [0.2, 0.25) is 0 Å². The SMILES string of the molecule is CCc1nc(C2CC3CCC2O3)nc(Cl)c1C. The first-order valence-electron chi connectivity index (χ1n) is 6.37. The summed E-state index contributed by atoms with van der Waals surface area (Å²) >= 11 is 6.19. The Balaban J connectivity index is 1.95. The molecule has 3 heterocycles. The van der Waals surface area contributed by atoms with Gasteiger partial charge in [0.15, 0.2) is 0 Å². The highest BCUT2D eigenvalue weighted by Gasteiger charge is 2.43. The molecular formula is C13H17ClN2O. The van der Waals surface area contributed by atoms with E-state index in [2.05, 4.69) is 16.9 Å². The van der Waals surface area contributed by atoms with Crippen LogP contribution in [0.2, 0.25) is 5.15 Å². The molecule has 1 aromatic rings. The van der Waals surface area contributed by atoms with E-state index in [1.807, 2.05) is 6.92 Å². The minimum atomic E-state index is 0.323. The van der Waals surface area contributed by atoms with Crippen LogP contribution in [-0.2, 0) is 11.2 Å². The van der Waals surface area contributed by atoms with E-state index < -0.39 is 0 Å². The van der Waals surface area contributed by atoms with Crippen LogP contribution in [0, 0.1) is 6.92 Å². The molecular weight excluding hydrogens is 236 g/mol. The third kappa shape index (κ3) is 1.85. The average Bonchev–Trinajstić information content (AvgIpc) is 2.94. The van der Waals surface area contributed by atoms with Crippen LogP contribution in [0.4, 0.5) is 0 Å². The molecule has 3 nitrogen and oxygen atoms in total. The van der Waals surface area contributed by atoms with Gasteiger partial charge in [-0.25, -0.2) is 9.97 Å². The van der Waals surface area contributed by atoms with Crippen molar-refractivity contribution in [1.29, 1.82) is 0 Å². The monoisotopic (exact) mass is 252 g/mol. The van der Waals surface area contributed by atoms with Crippen LogP contribution >= 0.6 is 11.6 Å². The van der Waals surface area contributed by atoms with Crippen LogP contribution < -0.4 is 0 Å². The summed E-state index contributed by atoms with van der Waals surface area (Å²) in [5, 5.41) is 0.606. The fraction of sp³-hybridized carbons (Fsp3) is 0.692. The first-order valence-corrected chi connectivity index (χ1v) is 6.75. The number of hydrogen-bond acceptors (Lipinski definition) is 3. The van der Waals surface area contributed by atoms with Crippen molar-refractivity contribution in [3.63, 3.8) is 0 Å². The lowest BCUT2D eigenvalue weighted by atomic mass is 9.88. The highest BCUT2D eigenvalue weighted by molar-refractivity contribution is 6.30. The summed E-state index contributed by atoms with van der Waals surface area (Å²) in [6.45, 7) is 4.09. The van der Waals surface area contributed by atoms with Gasteiger partial charge in [-0.2, -0.15) is 0 Å². The van der Waals surface area contributed by atoms with Crippen molar-refractivity contribution in [3.8, 4) is 0 Å². The zero-order chi connectivity index (χ0) is 12.0. The Kier molecular flexibility index (Phi) is 2.83. The van der Waals surface area contributed by atoms with Crippen LogP contribution in [0.15, 0.2) is 0 Å². The van der Waals surface area contributed by atoms with Crippen LogP contribution in [0.5, 0.6) is 0 Å². The molecule has 2 aliphatic heterocycles. The summed E-state index contributed by atoms with van der Waals surface area (Å²) in [4.78, 5) is 9.13. The molecule has 0 spiro atoms. The van der Waals surface area contributed by atoms with Crippen molar-refractivity contribution in [2.45, 2.75) is 57.7 Å². The van der Waals surface area contributed by atoms with Gasteiger partial charge in [0.1, 0.15) is 11.0 Å². The standard InChI is InChI=1S/C13H17ClN2O/c1-3-10-7(2)12(14)16-13(15-10)9-6-8-4-5-11(9)17-8/h8-9,11H,3-6H2,1-2H3. The van der Waals surface area contributed by atoms with Gasteiger partial charge >= 0.3 is 0 Å². The Labute approximate surface area is 107 Å². The molecule has 3 rings (SSSR count). The van der Waals surface area contributed by atoms with Crippen molar-refractivity contribution < 1.29 is 4.74 Å². The summed E-state index contributed by atoms with van der Waals surface area (Å²) in [7, 11) is 0. The van der Waals surface area contributed by atoms with Crippen LogP contribution in [0.1, 0.15) is 49.2 Å². The minimum Gasteiger partial charge on any atom is -0.374 e. The Morgan fingerprint density at radius 2 is 2.18 bits per heavy atom. The number of rotatable bonds is 2. The average molecular weight is 253 g/mol. The molecule has 3 unspecified atom stereocenters. The zero-order valence-corrected chi connectivity index (χ0v) is 11.0. The van der Waals surface area contributed by atoms with Gasteiger partial charge in [-0.3, -0.25) is 0 Å². The Hall–Kier alpha value is -0.670. The van der Waals surface area contributed by atoms with Crippen LogP contribution in [-0.4, -0.2) is 22.2 Å². The van der Waals surface area contributed by atoms with Gasteiger partial charge in [-0.05, 0) is 32.6 Å². The molecule has 3 atom stereocenters. The highest BCUT2D eigenvalue weighted by atomic mass is 35.5. The van der Waals surface area contributed by atoms with E-state index in [1.54, 1.807) is 0 Å². The Morgan fingerprint density at radius 3 is 2.76 bits per heavy atom. The van der Waals surface area contributed by atoms with Crippen LogP contribution in [0.25, 0.3) is 0 Å². The van der Waals surface area contributed by atoms with E-state index >= 15 is 0 Å². The van der Waals surface area contributed by atoms with Gasteiger partial charge in [0.05, 0.1) is 12.2 Å². The maximum atomic E-state index is 6.19. The number of aryl methyl sites for hydroxylation is 1. The van der Waals surface area contributed by atoms with Gasteiger partial charge in [-0.1, -0.05) is 18.5 Å². The lowest BCUT2D eigenvalue weighted by Gasteiger charge is -2.18. The molecule has 0 saturated carbocycles. The molecule has 2 aliphatic rings. The van der Waals surface area contributed by atoms with Crippen molar-refractivity contribution in [1.82, 2.24) is 9.97 Å². The smallest absolute Gasteiger partial charge is 0.136 e. The molecule has 2 saturated heterocycles. The molecule has 0 aromatic carbocycles. The largest absolute Gasteiger partial charge is 0.374 e. The quantitative estimate of drug-likeness (QED) is 0.759. The first-order chi connectivity index (χ1) is 8.19. The summed E-state index contributed by atoms with van der Waals surface area (Å²) in [6.07, 6.45) is 5.06. The second-order valence-electron chi connectivity index (χ2n) is 5.01. The number of fused-ring (bicyclic) bond motifs is 2. The molecule has 4 heteroatoms. The van der Waals surface area contributed by atoms with Crippen molar-refractivity contribution in [3.05, 3.63) is 22.2 Å². The third-order valence-electron chi connectivity index (χ3n) is 3.98. The molecule has 2 bridgehead atoms. The van der Waals surface area contributed by atoms with E-state index in [4.69, 9.17) is 16.3 Å².